The molecule has 154 valence electrons. The summed E-state index contributed by atoms with van der Waals surface area (Å²) in [5.41, 5.74) is 6.92. The number of likely N-dealkylation sites (tertiary alicyclic amines) is 1. The fourth-order valence-corrected chi connectivity index (χ4v) is 3.77. The third kappa shape index (κ3) is 5.39. The summed E-state index contributed by atoms with van der Waals surface area (Å²) in [6.07, 6.45) is -0.540. The minimum absolute atomic E-state index is 0.0810. The van der Waals surface area contributed by atoms with Crippen molar-refractivity contribution in [1.82, 2.24) is 15.5 Å². The summed E-state index contributed by atoms with van der Waals surface area (Å²) in [7, 11) is 0. The largest absolute Gasteiger partial charge is 0.397 e. The third-order valence-corrected chi connectivity index (χ3v) is 5.34. The maximum absolute atomic E-state index is 12.5. The summed E-state index contributed by atoms with van der Waals surface area (Å²) < 4.78 is 24.9. The van der Waals surface area contributed by atoms with Crippen molar-refractivity contribution >= 4 is 23.2 Å². The number of hydrogen-bond acceptors (Lipinski definition) is 5. The third-order valence-electron chi connectivity index (χ3n) is 5.34. The van der Waals surface area contributed by atoms with Crippen molar-refractivity contribution in [2.45, 2.75) is 37.8 Å². The van der Waals surface area contributed by atoms with Crippen LogP contribution in [0.3, 0.4) is 0 Å². The highest BCUT2D eigenvalue weighted by Crippen LogP contribution is 2.20. The van der Waals surface area contributed by atoms with Gasteiger partial charge in [-0.15, -0.1) is 0 Å². The molecule has 2 aliphatic heterocycles. The molecule has 2 amide bonds. The Balaban J connectivity index is 1.42. The van der Waals surface area contributed by atoms with Crippen molar-refractivity contribution in [3.05, 3.63) is 24.3 Å². The number of para-hydroxylation sites is 2. The smallest absolute Gasteiger partial charge is 0.251 e. The lowest BCUT2D eigenvalue weighted by Gasteiger charge is -2.29. The van der Waals surface area contributed by atoms with Crippen LogP contribution in [-0.2, 0) is 9.59 Å². The molecule has 2 saturated heterocycles. The van der Waals surface area contributed by atoms with Crippen molar-refractivity contribution < 1.29 is 18.4 Å². The van der Waals surface area contributed by atoms with Crippen molar-refractivity contribution in [1.29, 1.82) is 0 Å². The first-order chi connectivity index (χ1) is 13.4. The summed E-state index contributed by atoms with van der Waals surface area (Å²) >= 11 is 0. The highest BCUT2D eigenvalue weighted by Gasteiger charge is 2.32. The number of piperidine rings is 1. The molecule has 0 radical (unpaired) electrons. The van der Waals surface area contributed by atoms with E-state index < -0.39 is 6.43 Å². The lowest BCUT2D eigenvalue weighted by atomic mass is 9.93. The van der Waals surface area contributed by atoms with Crippen LogP contribution in [0.25, 0.3) is 0 Å². The van der Waals surface area contributed by atoms with Crippen molar-refractivity contribution in [3.63, 3.8) is 0 Å². The molecule has 5 N–H and O–H groups in total. The quantitative estimate of drug-likeness (QED) is 0.539. The number of benzene rings is 1. The molecule has 0 bridgehead atoms. The Morgan fingerprint density at radius 2 is 2.00 bits per heavy atom. The summed E-state index contributed by atoms with van der Waals surface area (Å²) in [4.78, 5) is 26.5. The van der Waals surface area contributed by atoms with Gasteiger partial charge in [0.2, 0.25) is 11.8 Å². The van der Waals surface area contributed by atoms with Crippen LogP contribution in [-0.4, -0.2) is 61.4 Å². The number of anilines is 2. The summed E-state index contributed by atoms with van der Waals surface area (Å²) in [6, 6.07) is 6.59. The second-order valence-corrected chi connectivity index (χ2v) is 7.46. The van der Waals surface area contributed by atoms with Gasteiger partial charge in [0.1, 0.15) is 0 Å². The van der Waals surface area contributed by atoms with Crippen molar-refractivity contribution in [2.75, 3.05) is 37.2 Å². The number of hydrogen-bond donors (Lipinski definition) is 4. The Kier molecular flexibility index (Phi) is 6.79. The molecule has 3 rings (SSSR count). The van der Waals surface area contributed by atoms with Crippen LogP contribution in [0.15, 0.2) is 24.3 Å². The van der Waals surface area contributed by atoms with Crippen molar-refractivity contribution in [3.8, 4) is 0 Å². The Morgan fingerprint density at radius 3 is 2.68 bits per heavy atom. The molecule has 0 aromatic heterocycles. The maximum Gasteiger partial charge on any atom is 0.251 e. The van der Waals surface area contributed by atoms with Gasteiger partial charge in [-0.05, 0) is 31.4 Å². The Hall–Kier alpha value is -2.26. The molecule has 7 nitrogen and oxygen atoms in total. The molecule has 2 heterocycles. The highest BCUT2D eigenvalue weighted by molar-refractivity contribution is 5.97. The van der Waals surface area contributed by atoms with Crippen LogP contribution in [0.5, 0.6) is 0 Å². The zero-order chi connectivity index (χ0) is 20.1. The molecule has 0 aliphatic carbocycles. The number of nitrogens with two attached hydrogens (primary N) is 1. The van der Waals surface area contributed by atoms with Crippen LogP contribution in [0.2, 0.25) is 0 Å². The number of carbonyl (C=O) groups excluding carboxylic acids is 2. The first-order valence-electron chi connectivity index (χ1n) is 9.62. The number of alkyl halides is 2. The minimum Gasteiger partial charge on any atom is -0.397 e. The van der Waals surface area contributed by atoms with E-state index in [1.54, 1.807) is 29.2 Å². The van der Waals surface area contributed by atoms with Gasteiger partial charge in [-0.1, -0.05) is 12.1 Å². The number of carbonyl (C=O) groups is 2. The molecular formula is C19H27F2N5O2. The number of nitrogens with zero attached hydrogens (tertiary/aromatic N) is 1. The maximum atomic E-state index is 12.5. The molecule has 1 aromatic rings. The molecule has 3 atom stereocenters. The average molecular weight is 395 g/mol. The first kappa shape index (κ1) is 20.5. The second kappa shape index (κ2) is 9.29. The lowest BCUT2D eigenvalue weighted by molar-refractivity contribution is -0.127. The van der Waals surface area contributed by atoms with Gasteiger partial charge in [-0.2, -0.15) is 0 Å². The molecule has 2 aliphatic rings. The highest BCUT2D eigenvalue weighted by atomic mass is 19.3. The van der Waals surface area contributed by atoms with Crippen LogP contribution in [0.1, 0.15) is 19.3 Å². The van der Waals surface area contributed by atoms with Gasteiger partial charge >= 0.3 is 0 Å². The molecule has 1 aromatic carbocycles. The zero-order valence-electron chi connectivity index (χ0n) is 15.7. The van der Waals surface area contributed by atoms with Gasteiger partial charge in [-0.25, -0.2) is 8.78 Å². The summed E-state index contributed by atoms with van der Waals surface area (Å²) in [5, 5.41) is 8.90. The standard InChI is InChI=1S/C19H27F2N5O2/c20-17(21)11-26-8-7-13(10-26)24-18(27)12-5-6-16(23-9-12)19(28)25-15-4-2-1-3-14(15)22/h1-4,12-13,16-17,23H,5-11,22H2,(H,24,27)(H,25,28). The number of rotatable bonds is 6. The van der Waals surface area contributed by atoms with Gasteiger partial charge in [0.15, 0.2) is 0 Å². The van der Waals surface area contributed by atoms with Crippen LogP contribution >= 0.6 is 0 Å². The Labute approximate surface area is 163 Å². The van der Waals surface area contributed by atoms with E-state index in [9.17, 15) is 18.4 Å². The van der Waals surface area contributed by atoms with E-state index in [0.717, 1.165) is 0 Å². The van der Waals surface area contributed by atoms with Crippen LogP contribution < -0.4 is 21.7 Å². The molecule has 2 fully saturated rings. The fraction of sp³-hybridized carbons (Fsp3) is 0.579. The SMILES string of the molecule is Nc1ccccc1NC(=O)C1CCC(C(=O)NC2CCN(CC(F)F)C2)CN1. The van der Waals surface area contributed by atoms with E-state index in [1.165, 1.54) is 0 Å². The van der Waals surface area contributed by atoms with Crippen molar-refractivity contribution in [2.24, 2.45) is 5.92 Å². The minimum atomic E-state index is -2.36. The van der Waals surface area contributed by atoms with E-state index in [2.05, 4.69) is 16.0 Å². The lowest BCUT2D eigenvalue weighted by Crippen LogP contribution is -2.51. The molecule has 3 unspecified atom stereocenters. The van der Waals surface area contributed by atoms with E-state index in [1.807, 2.05) is 0 Å². The molecular weight excluding hydrogens is 368 g/mol. The monoisotopic (exact) mass is 395 g/mol. The topological polar surface area (TPSA) is 99.5 Å². The van der Waals surface area contributed by atoms with Gasteiger partial charge < -0.3 is 21.7 Å². The zero-order valence-corrected chi connectivity index (χ0v) is 15.7. The predicted molar refractivity (Wildman–Crippen MR) is 103 cm³/mol. The summed E-state index contributed by atoms with van der Waals surface area (Å²) in [5.74, 6) is -0.479. The summed E-state index contributed by atoms with van der Waals surface area (Å²) in [6.45, 7) is 1.19. The van der Waals surface area contributed by atoms with E-state index in [4.69, 9.17) is 5.73 Å². The van der Waals surface area contributed by atoms with Crippen LogP contribution in [0, 0.1) is 5.92 Å². The van der Waals surface area contributed by atoms with Crippen LogP contribution in [0.4, 0.5) is 20.2 Å². The number of halogens is 2. The van der Waals surface area contributed by atoms with E-state index in [0.29, 0.717) is 50.3 Å². The van der Waals surface area contributed by atoms with E-state index >= 15 is 0 Å². The van der Waals surface area contributed by atoms with Gasteiger partial charge in [0.05, 0.1) is 29.9 Å². The Morgan fingerprint density at radius 1 is 1.21 bits per heavy atom. The second-order valence-electron chi connectivity index (χ2n) is 7.46. The van der Waals surface area contributed by atoms with Gasteiger partial charge in [-0.3, -0.25) is 14.5 Å². The Bertz CT molecular complexity index is 695. The molecule has 9 heteroatoms. The normalized spacial score (nSPS) is 25.6. The molecule has 28 heavy (non-hydrogen) atoms. The fourth-order valence-electron chi connectivity index (χ4n) is 3.77. The first-order valence-corrected chi connectivity index (χ1v) is 9.62. The number of nitrogen functional groups attached to an aromatic ring is 1. The number of nitrogens with one attached hydrogen (secondary N) is 3. The van der Waals surface area contributed by atoms with E-state index in [-0.39, 0.29) is 36.4 Å². The molecule has 0 spiro atoms. The van der Waals surface area contributed by atoms with Gasteiger partial charge in [0, 0.05) is 25.7 Å². The van der Waals surface area contributed by atoms with Gasteiger partial charge in [0.25, 0.3) is 6.43 Å². The molecule has 0 saturated carbocycles. The average Bonchev–Trinajstić information content (AvgIpc) is 3.09. The number of amides is 2. The predicted octanol–water partition coefficient (Wildman–Crippen LogP) is 1.03.